The molecule has 0 fully saturated rings. The van der Waals surface area contributed by atoms with Crippen molar-refractivity contribution in [1.82, 2.24) is 9.88 Å². The second-order valence-electron chi connectivity index (χ2n) is 4.40. The lowest BCUT2D eigenvalue weighted by atomic mass is 10.2. The summed E-state index contributed by atoms with van der Waals surface area (Å²) in [6.45, 7) is 5.14. The first-order valence-corrected chi connectivity index (χ1v) is 5.78. The first kappa shape index (κ1) is 14.8. The minimum absolute atomic E-state index is 0.109. The molecule has 0 amide bonds. The Bertz CT molecular complexity index is 377. The van der Waals surface area contributed by atoms with Crippen LogP contribution in [0.15, 0.2) is 18.3 Å². The number of likely N-dealkylation sites (N-methyl/N-ethyl adjacent to an activating group) is 1. The van der Waals surface area contributed by atoms with Gasteiger partial charge in [0, 0.05) is 25.3 Å². The van der Waals surface area contributed by atoms with E-state index in [1.807, 2.05) is 25.8 Å². The number of halogens is 3. The Hall–Kier alpha value is -1.30. The molecular weight excluding hydrogens is 243 g/mol. The van der Waals surface area contributed by atoms with E-state index in [1.54, 1.807) is 0 Å². The molecule has 1 aromatic heterocycles. The molecule has 0 aliphatic heterocycles. The monoisotopic (exact) mass is 261 g/mol. The van der Waals surface area contributed by atoms with Crippen LogP contribution in [0.4, 0.5) is 19.0 Å². The lowest BCUT2D eigenvalue weighted by Crippen LogP contribution is -2.31. The van der Waals surface area contributed by atoms with Gasteiger partial charge in [0.05, 0.1) is 5.56 Å². The van der Waals surface area contributed by atoms with Crippen molar-refractivity contribution in [3.63, 3.8) is 0 Å². The van der Waals surface area contributed by atoms with Gasteiger partial charge in [0.25, 0.3) is 0 Å². The SMILES string of the molecule is CC(C)N(C)CCNc1ncccc1C(F)(F)F. The molecule has 3 nitrogen and oxygen atoms in total. The highest BCUT2D eigenvalue weighted by atomic mass is 19.4. The van der Waals surface area contributed by atoms with E-state index in [9.17, 15) is 13.2 Å². The normalized spacial score (nSPS) is 12.2. The lowest BCUT2D eigenvalue weighted by Gasteiger charge is -2.21. The van der Waals surface area contributed by atoms with Gasteiger partial charge in [0.1, 0.15) is 5.82 Å². The number of anilines is 1. The molecule has 1 N–H and O–H groups in total. The predicted molar refractivity (Wildman–Crippen MR) is 65.5 cm³/mol. The van der Waals surface area contributed by atoms with Gasteiger partial charge in [0.2, 0.25) is 0 Å². The Morgan fingerprint density at radius 1 is 1.39 bits per heavy atom. The maximum atomic E-state index is 12.7. The van der Waals surface area contributed by atoms with Crippen LogP contribution in [0.5, 0.6) is 0 Å². The van der Waals surface area contributed by atoms with Crippen molar-refractivity contribution in [3.05, 3.63) is 23.9 Å². The van der Waals surface area contributed by atoms with Crippen molar-refractivity contribution in [2.45, 2.75) is 26.1 Å². The number of aromatic nitrogens is 1. The van der Waals surface area contributed by atoms with Crippen LogP contribution in [0.2, 0.25) is 0 Å². The number of nitrogens with zero attached hydrogens (tertiary/aromatic N) is 2. The quantitative estimate of drug-likeness (QED) is 0.883. The Kier molecular flexibility index (Phi) is 4.95. The molecule has 1 heterocycles. The molecule has 0 saturated heterocycles. The van der Waals surface area contributed by atoms with Gasteiger partial charge in [-0.1, -0.05) is 0 Å². The number of alkyl halides is 3. The molecule has 0 radical (unpaired) electrons. The Morgan fingerprint density at radius 2 is 2.06 bits per heavy atom. The van der Waals surface area contributed by atoms with E-state index in [1.165, 1.54) is 12.3 Å². The van der Waals surface area contributed by atoms with Crippen molar-refractivity contribution in [2.24, 2.45) is 0 Å². The number of nitrogens with one attached hydrogen (secondary N) is 1. The molecule has 0 aromatic carbocycles. The molecule has 0 bridgehead atoms. The fraction of sp³-hybridized carbons (Fsp3) is 0.583. The van der Waals surface area contributed by atoms with Crippen LogP contribution in [0, 0.1) is 0 Å². The third-order valence-electron chi connectivity index (χ3n) is 2.75. The van der Waals surface area contributed by atoms with Crippen LogP contribution in [-0.2, 0) is 6.18 Å². The van der Waals surface area contributed by atoms with Crippen molar-refractivity contribution >= 4 is 5.82 Å². The van der Waals surface area contributed by atoms with Crippen LogP contribution < -0.4 is 5.32 Å². The summed E-state index contributed by atoms with van der Waals surface area (Å²) in [7, 11) is 1.93. The van der Waals surface area contributed by atoms with E-state index in [2.05, 4.69) is 10.3 Å². The third kappa shape index (κ3) is 4.18. The zero-order valence-electron chi connectivity index (χ0n) is 10.8. The molecule has 0 unspecified atom stereocenters. The first-order valence-electron chi connectivity index (χ1n) is 5.78. The molecule has 0 saturated carbocycles. The summed E-state index contributed by atoms with van der Waals surface area (Å²) in [5.41, 5.74) is -0.725. The fourth-order valence-corrected chi connectivity index (χ4v) is 1.38. The Morgan fingerprint density at radius 3 is 2.61 bits per heavy atom. The topological polar surface area (TPSA) is 28.2 Å². The molecule has 1 aromatic rings. The minimum atomic E-state index is -4.37. The zero-order chi connectivity index (χ0) is 13.8. The van der Waals surface area contributed by atoms with Gasteiger partial charge in [-0.2, -0.15) is 13.2 Å². The lowest BCUT2D eigenvalue weighted by molar-refractivity contribution is -0.137. The highest BCUT2D eigenvalue weighted by Gasteiger charge is 2.33. The molecule has 102 valence electrons. The highest BCUT2D eigenvalue weighted by Crippen LogP contribution is 2.33. The number of hydrogen-bond acceptors (Lipinski definition) is 3. The summed E-state index contributed by atoms with van der Waals surface area (Å²) in [5.74, 6) is -0.109. The Balaban J connectivity index is 2.63. The van der Waals surface area contributed by atoms with Crippen LogP contribution in [0.1, 0.15) is 19.4 Å². The molecule has 1 rings (SSSR count). The van der Waals surface area contributed by atoms with Crippen LogP contribution in [0.3, 0.4) is 0 Å². The predicted octanol–water partition coefficient (Wildman–Crippen LogP) is 2.85. The summed E-state index contributed by atoms with van der Waals surface area (Å²) in [6, 6.07) is 2.67. The fourth-order valence-electron chi connectivity index (χ4n) is 1.38. The standard InChI is InChI=1S/C12H18F3N3/c1-9(2)18(3)8-7-17-11-10(12(13,14)15)5-4-6-16-11/h4-6,9H,7-8H2,1-3H3,(H,16,17). The number of hydrogen-bond donors (Lipinski definition) is 1. The van der Waals surface area contributed by atoms with E-state index in [0.717, 1.165) is 6.07 Å². The maximum absolute atomic E-state index is 12.7. The smallest absolute Gasteiger partial charge is 0.368 e. The van der Waals surface area contributed by atoms with Gasteiger partial charge in [-0.05, 0) is 33.0 Å². The van der Waals surface area contributed by atoms with E-state index in [4.69, 9.17) is 0 Å². The third-order valence-corrected chi connectivity index (χ3v) is 2.75. The molecule has 18 heavy (non-hydrogen) atoms. The van der Waals surface area contributed by atoms with E-state index in [0.29, 0.717) is 19.1 Å². The maximum Gasteiger partial charge on any atom is 0.419 e. The van der Waals surface area contributed by atoms with Crippen LogP contribution in [-0.4, -0.2) is 36.1 Å². The van der Waals surface area contributed by atoms with Gasteiger partial charge in [0.15, 0.2) is 0 Å². The Labute approximate surface area is 105 Å². The van der Waals surface area contributed by atoms with E-state index >= 15 is 0 Å². The average molecular weight is 261 g/mol. The first-order chi connectivity index (χ1) is 8.32. The van der Waals surface area contributed by atoms with Crippen molar-refractivity contribution in [1.29, 1.82) is 0 Å². The molecule has 0 aliphatic rings. The van der Waals surface area contributed by atoms with Gasteiger partial charge in [-0.15, -0.1) is 0 Å². The highest BCUT2D eigenvalue weighted by molar-refractivity contribution is 5.45. The second-order valence-corrected chi connectivity index (χ2v) is 4.40. The average Bonchev–Trinajstić information content (AvgIpc) is 2.28. The van der Waals surface area contributed by atoms with Gasteiger partial charge >= 0.3 is 6.18 Å². The number of rotatable bonds is 5. The van der Waals surface area contributed by atoms with Crippen LogP contribution in [0.25, 0.3) is 0 Å². The molecule has 0 aliphatic carbocycles. The summed E-state index contributed by atoms with van der Waals surface area (Å²) < 4.78 is 38.0. The van der Waals surface area contributed by atoms with E-state index < -0.39 is 11.7 Å². The second kappa shape index (κ2) is 6.04. The summed E-state index contributed by atoms with van der Waals surface area (Å²) in [4.78, 5) is 5.78. The largest absolute Gasteiger partial charge is 0.419 e. The molecular formula is C12H18F3N3. The van der Waals surface area contributed by atoms with Gasteiger partial charge in [-0.3, -0.25) is 0 Å². The van der Waals surface area contributed by atoms with Crippen molar-refractivity contribution in [3.8, 4) is 0 Å². The van der Waals surface area contributed by atoms with Gasteiger partial charge in [-0.25, -0.2) is 4.98 Å². The van der Waals surface area contributed by atoms with Crippen molar-refractivity contribution in [2.75, 3.05) is 25.5 Å². The minimum Gasteiger partial charge on any atom is -0.368 e. The molecule has 6 heteroatoms. The summed E-state index contributed by atoms with van der Waals surface area (Å²) in [6.07, 6.45) is -3.02. The van der Waals surface area contributed by atoms with Crippen molar-refractivity contribution < 1.29 is 13.2 Å². The van der Waals surface area contributed by atoms with E-state index in [-0.39, 0.29) is 5.82 Å². The summed E-state index contributed by atoms with van der Waals surface area (Å²) >= 11 is 0. The molecule has 0 atom stereocenters. The summed E-state index contributed by atoms with van der Waals surface area (Å²) in [5, 5.41) is 2.73. The van der Waals surface area contributed by atoms with Gasteiger partial charge < -0.3 is 10.2 Å². The molecule has 0 spiro atoms. The van der Waals surface area contributed by atoms with Crippen LogP contribution >= 0.6 is 0 Å². The number of pyridine rings is 1. The zero-order valence-corrected chi connectivity index (χ0v) is 10.8.